The summed E-state index contributed by atoms with van der Waals surface area (Å²) in [5.41, 5.74) is 2.14. The van der Waals surface area contributed by atoms with E-state index in [1.807, 2.05) is 25.1 Å². The Bertz CT molecular complexity index is 421. The molecular formula is C15H22ClNO. The van der Waals surface area contributed by atoms with Crippen molar-refractivity contribution < 1.29 is 4.74 Å². The average Bonchev–Trinajstić information content (AvgIpc) is 2.27. The maximum atomic E-state index is 5.96. The quantitative estimate of drug-likeness (QED) is 0.815. The fraction of sp³-hybridized carbons (Fsp3) is 0.467. The van der Waals surface area contributed by atoms with E-state index in [1.54, 1.807) is 0 Å². The molecule has 0 radical (unpaired) electrons. The van der Waals surface area contributed by atoms with Crippen LogP contribution in [0.3, 0.4) is 0 Å². The van der Waals surface area contributed by atoms with Crippen molar-refractivity contribution in [3.05, 3.63) is 40.9 Å². The molecular weight excluding hydrogens is 246 g/mol. The van der Waals surface area contributed by atoms with Crippen molar-refractivity contribution in [1.29, 1.82) is 0 Å². The van der Waals surface area contributed by atoms with E-state index in [0.717, 1.165) is 28.5 Å². The summed E-state index contributed by atoms with van der Waals surface area (Å²) < 4.78 is 5.67. The van der Waals surface area contributed by atoms with Gasteiger partial charge in [-0.05, 0) is 57.0 Å². The molecule has 0 atom stereocenters. The molecule has 0 aromatic heterocycles. The third kappa shape index (κ3) is 5.56. The summed E-state index contributed by atoms with van der Waals surface area (Å²) >= 11 is 5.96. The molecule has 0 saturated carbocycles. The first kappa shape index (κ1) is 15.1. The highest BCUT2D eigenvalue weighted by atomic mass is 35.5. The van der Waals surface area contributed by atoms with Crippen LogP contribution in [-0.4, -0.2) is 18.7 Å². The van der Waals surface area contributed by atoms with Gasteiger partial charge in [-0.25, -0.2) is 0 Å². The van der Waals surface area contributed by atoms with Gasteiger partial charge in [0.25, 0.3) is 0 Å². The van der Waals surface area contributed by atoms with E-state index in [2.05, 4.69) is 32.7 Å². The molecule has 0 spiro atoms. The molecule has 0 heterocycles. The highest BCUT2D eigenvalue weighted by molar-refractivity contribution is 6.31. The maximum Gasteiger partial charge on any atom is 0.120 e. The topological polar surface area (TPSA) is 21.3 Å². The Balaban J connectivity index is 2.40. The molecule has 100 valence electrons. The van der Waals surface area contributed by atoms with Gasteiger partial charge in [0.2, 0.25) is 0 Å². The number of benzene rings is 1. The van der Waals surface area contributed by atoms with Gasteiger partial charge in [0.1, 0.15) is 12.4 Å². The lowest BCUT2D eigenvalue weighted by molar-refractivity contribution is 0.341. The van der Waals surface area contributed by atoms with Crippen LogP contribution in [-0.2, 0) is 0 Å². The predicted molar refractivity (Wildman–Crippen MR) is 78.6 cm³/mol. The zero-order valence-corrected chi connectivity index (χ0v) is 12.4. The molecule has 0 unspecified atom stereocenters. The summed E-state index contributed by atoms with van der Waals surface area (Å²) in [6.07, 6.45) is 0. The Morgan fingerprint density at radius 1 is 1.39 bits per heavy atom. The summed E-state index contributed by atoms with van der Waals surface area (Å²) in [4.78, 5) is 0. The van der Waals surface area contributed by atoms with Crippen molar-refractivity contribution in [3.63, 3.8) is 0 Å². The number of halogens is 1. The monoisotopic (exact) mass is 267 g/mol. The van der Waals surface area contributed by atoms with Crippen LogP contribution >= 0.6 is 11.6 Å². The fourth-order valence-corrected chi connectivity index (χ4v) is 1.45. The van der Waals surface area contributed by atoms with Gasteiger partial charge in [-0.1, -0.05) is 18.2 Å². The van der Waals surface area contributed by atoms with Gasteiger partial charge in [-0.3, -0.25) is 0 Å². The Morgan fingerprint density at radius 2 is 2.06 bits per heavy atom. The molecule has 2 nitrogen and oxygen atoms in total. The van der Waals surface area contributed by atoms with Crippen molar-refractivity contribution in [2.45, 2.75) is 33.2 Å². The van der Waals surface area contributed by atoms with Crippen molar-refractivity contribution in [3.8, 4) is 5.75 Å². The lowest BCUT2D eigenvalue weighted by atomic mass is 10.1. The molecule has 18 heavy (non-hydrogen) atoms. The summed E-state index contributed by atoms with van der Waals surface area (Å²) in [5, 5.41) is 4.14. The zero-order valence-electron chi connectivity index (χ0n) is 11.6. The standard InChI is InChI=1S/C15H22ClNO/c1-11(9-17-15(3,4)5)10-18-13-6-7-14(16)12(2)8-13/h6-8,17H,1,9-10H2,2-5H3. The smallest absolute Gasteiger partial charge is 0.120 e. The van der Waals surface area contributed by atoms with E-state index in [0.29, 0.717) is 6.61 Å². The summed E-state index contributed by atoms with van der Waals surface area (Å²) in [6, 6.07) is 5.66. The highest BCUT2D eigenvalue weighted by Crippen LogP contribution is 2.21. The van der Waals surface area contributed by atoms with Crippen molar-refractivity contribution in [2.24, 2.45) is 0 Å². The van der Waals surface area contributed by atoms with Gasteiger partial charge in [-0.2, -0.15) is 0 Å². The van der Waals surface area contributed by atoms with Gasteiger partial charge >= 0.3 is 0 Å². The molecule has 1 rings (SSSR count). The van der Waals surface area contributed by atoms with Crippen LogP contribution < -0.4 is 10.1 Å². The Labute approximate surface area is 115 Å². The summed E-state index contributed by atoms with van der Waals surface area (Å²) in [6.45, 7) is 13.6. The number of nitrogens with one attached hydrogen (secondary N) is 1. The molecule has 0 aliphatic rings. The van der Waals surface area contributed by atoms with Crippen LogP contribution in [0.5, 0.6) is 5.75 Å². The van der Waals surface area contributed by atoms with Crippen LogP contribution in [0.2, 0.25) is 5.02 Å². The second-order valence-corrected chi connectivity index (χ2v) is 5.96. The number of aryl methyl sites for hydroxylation is 1. The van der Waals surface area contributed by atoms with Crippen LogP contribution in [0.4, 0.5) is 0 Å². The van der Waals surface area contributed by atoms with Gasteiger partial charge in [0, 0.05) is 17.1 Å². The third-order valence-corrected chi connectivity index (χ3v) is 2.87. The predicted octanol–water partition coefficient (Wildman–Crippen LogP) is 3.97. The molecule has 0 bridgehead atoms. The minimum atomic E-state index is 0.0970. The van der Waals surface area contributed by atoms with Crippen LogP contribution in [0.1, 0.15) is 26.3 Å². The van der Waals surface area contributed by atoms with Gasteiger partial charge in [0.05, 0.1) is 0 Å². The van der Waals surface area contributed by atoms with Crippen LogP contribution in [0, 0.1) is 6.92 Å². The van der Waals surface area contributed by atoms with E-state index in [9.17, 15) is 0 Å². The molecule has 0 saturated heterocycles. The van der Waals surface area contributed by atoms with E-state index >= 15 is 0 Å². The Kier molecular flexibility index (Phi) is 5.24. The van der Waals surface area contributed by atoms with Crippen LogP contribution in [0.15, 0.2) is 30.4 Å². The first-order valence-corrected chi connectivity index (χ1v) is 6.46. The lowest BCUT2D eigenvalue weighted by Gasteiger charge is -2.21. The Hall–Kier alpha value is -0.990. The lowest BCUT2D eigenvalue weighted by Crippen LogP contribution is -2.37. The second-order valence-electron chi connectivity index (χ2n) is 5.55. The van der Waals surface area contributed by atoms with Gasteiger partial charge in [0.15, 0.2) is 0 Å². The van der Waals surface area contributed by atoms with Crippen molar-refractivity contribution >= 4 is 11.6 Å². The molecule has 0 fully saturated rings. The minimum absolute atomic E-state index is 0.0970. The van der Waals surface area contributed by atoms with Crippen LogP contribution in [0.25, 0.3) is 0 Å². The van der Waals surface area contributed by atoms with E-state index < -0.39 is 0 Å². The minimum Gasteiger partial charge on any atom is -0.489 e. The van der Waals surface area contributed by atoms with E-state index in [4.69, 9.17) is 16.3 Å². The highest BCUT2D eigenvalue weighted by Gasteiger charge is 2.09. The molecule has 0 aliphatic heterocycles. The molecule has 0 amide bonds. The van der Waals surface area contributed by atoms with Crippen molar-refractivity contribution in [2.75, 3.05) is 13.2 Å². The number of ether oxygens (including phenoxy) is 1. The number of rotatable bonds is 5. The number of hydrogen-bond acceptors (Lipinski definition) is 2. The van der Waals surface area contributed by atoms with Crippen molar-refractivity contribution in [1.82, 2.24) is 5.32 Å². The molecule has 3 heteroatoms. The Morgan fingerprint density at radius 3 is 2.61 bits per heavy atom. The number of hydrogen-bond donors (Lipinski definition) is 1. The van der Waals surface area contributed by atoms with Gasteiger partial charge in [-0.15, -0.1) is 0 Å². The fourth-order valence-electron chi connectivity index (χ4n) is 1.33. The first-order valence-electron chi connectivity index (χ1n) is 6.08. The molecule has 1 aromatic rings. The molecule has 0 aliphatic carbocycles. The molecule has 1 aromatic carbocycles. The molecule has 1 N–H and O–H groups in total. The average molecular weight is 268 g/mol. The summed E-state index contributed by atoms with van der Waals surface area (Å²) in [5.74, 6) is 0.828. The summed E-state index contributed by atoms with van der Waals surface area (Å²) in [7, 11) is 0. The van der Waals surface area contributed by atoms with E-state index in [1.165, 1.54) is 0 Å². The van der Waals surface area contributed by atoms with E-state index in [-0.39, 0.29) is 5.54 Å². The largest absolute Gasteiger partial charge is 0.489 e. The SMILES string of the molecule is C=C(CNC(C)(C)C)COc1ccc(Cl)c(C)c1. The third-order valence-electron chi connectivity index (χ3n) is 2.44. The second kappa shape index (κ2) is 6.26. The first-order chi connectivity index (χ1) is 8.28. The maximum absolute atomic E-state index is 5.96. The van der Waals surface area contributed by atoms with Gasteiger partial charge < -0.3 is 10.1 Å². The normalized spacial score (nSPS) is 11.4. The zero-order chi connectivity index (χ0) is 13.8.